The van der Waals surface area contributed by atoms with Crippen molar-refractivity contribution in [3.63, 3.8) is 0 Å². The van der Waals surface area contributed by atoms with Gasteiger partial charge in [0.2, 0.25) is 0 Å². The average Bonchev–Trinajstić information content (AvgIpc) is 2.65. The maximum atomic E-state index is 12.2. The van der Waals surface area contributed by atoms with Gasteiger partial charge in [-0.2, -0.15) is 0 Å². The number of urea groups is 1. The second kappa shape index (κ2) is 5.82. The number of benzene rings is 1. The lowest BCUT2D eigenvalue weighted by Crippen LogP contribution is -2.32. The van der Waals surface area contributed by atoms with Crippen LogP contribution in [-0.4, -0.2) is 38.4 Å². The Kier molecular flexibility index (Phi) is 4.46. The summed E-state index contributed by atoms with van der Waals surface area (Å²) >= 11 is 11.7. The normalized spacial score (nSPS) is 19.0. The maximum Gasteiger partial charge on any atom is 0.329 e. The molecule has 1 N–H and O–H groups in total. The lowest BCUT2D eigenvalue weighted by Gasteiger charge is -2.13. The number of hydrogen-bond donors (Lipinski definition) is 1. The summed E-state index contributed by atoms with van der Waals surface area (Å²) in [4.78, 5) is 25.0. The lowest BCUT2D eigenvalue weighted by molar-refractivity contribution is -0.118. The summed E-state index contributed by atoms with van der Waals surface area (Å²) in [5, 5.41) is 2.98. The maximum absolute atomic E-state index is 12.2. The molecule has 0 aromatic heterocycles. The Hall–Kier alpha value is -1.31. The predicted octanol–water partition coefficient (Wildman–Crippen LogP) is 1.85. The van der Waals surface area contributed by atoms with Crippen molar-refractivity contribution in [2.75, 3.05) is 16.9 Å². The summed E-state index contributed by atoms with van der Waals surface area (Å²) in [5.41, 5.74) is 0.286. The molecule has 0 radical (unpaired) electrons. The number of rotatable bonds is 4. The van der Waals surface area contributed by atoms with Gasteiger partial charge in [-0.1, -0.05) is 23.2 Å². The number of nitrogens with one attached hydrogen (secondary N) is 1. The fraction of sp³-hybridized carbons (Fsp3) is 0.333. The Labute approximate surface area is 131 Å². The quantitative estimate of drug-likeness (QED) is 0.840. The zero-order valence-corrected chi connectivity index (χ0v) is 13.3. The van der Waals surface area contributed by atoms with Gasteiger partial charge in [-0.05, 0) is 24.6 Å². The van der Waals surface area contributed by atoms with Crippen molar-refractivity contribution in [3.8, 4) is 0 Å². The lowest BCUT2D eigenvalue weighted by atomic mass is 10.2. The Morgan fingerprint density at radius 3 is 2.48 bits per heavy atom. The number of sulfone groups is 1. The molecule has 0 spiro atoms. The number of hydrogen-bond acceptors (Lipinski definition) is 4. The fourth-order valence-corrected chi connectivity index (χ4v) is 2.88. The molecule has 1 heterocycles. The number of imide groups is 1. The molecule has 21 heavy (non-hydrogen) atoms. The van der Waals surface area contributed by atoms with E-state index in [0.29, 0.717) is 5.02 Å². The van der Waals surface area contributed by atoms with Crippen molar-refractivity contribution < 1.29 is 18.0 Å². The highest BCUT2D eigenvalue weighted by molar-refractivity contribution is 7.90. The summed E-state index contributed by atoms with van der Waals surface area (Å²) in [7, 11) is -3.21. The molecule has 1 aliphatic heterocycles. The molecule has 1 aliphatic rings. The molecule has 6 nitrogen and oxygen atoms in total. The van der Waals surface area contributed by atoms with Gasteiger partial charge in [0.1, 0.15) is 15.9 Å². The van der Waals surface area contributed by atoms with E-state index < -0.39 is 27.8 Å². The zero-order chi connectivity index (χ0) is 15.8. The summed E-state index contributed by atoms with van der Waals surface area (Å²) in [6.45, 7) is 0. The van der Waals surface area contributed by atoms with E-state index in [1.165, 1.54) is 18.2 Å². The first kappa shape index (κ1) is 16.1. The van der Waals surface area contributed by atoms with E-state index in [0.717, 1.165) is 11.2 Å². The largest absolute Gasteiger partial charge is 0.329 e. The van der Waals surface area contributed by atoms with Gasteiger partial charge in [0.05, 0.1) is 21.5 Å². The number of nitrogens with zero attached hydrogens (tertiary/aromatic N) is 1. The van der Waals surface area contributed by atoms with Crippen molar-refractivity contribution >= 4 is 50.7 Å². The van der Waals surface area contributed by atoms with Gasteiger partial charge in [-0.15, -0.1) is 0 Å². The Bertz CT molecular complexity index is 705. The third-order valence-electron chi connectivity index (χ3n) is 2.96. The van der Waals surface area contributed by atoms with E-state index >= 15 is 0 Å². The molecule has 1 fully saturated rings. The summed E-state index contributed by atoms with van der Waals surface area (Å²) < 4.78 is 22.3. The third kappa shape index (κ3) is 3.66. The molecule has 1 saturated heterocycles. The number of amides is 3. The minimum atomic E-state index is -3.21. The van der Waals surface area contributed by atoms with Crippen LogP contribution in [0.2, 0.25) is 10.0 Å². The van der Waals surface area contributed by atoms with E-state index in [2.05, 4.69) is 5.32 Å². The second-order valence-corrected chi connectivity index (χ2v) is 7.77. The van der Waals surface area contributed by atoms with Crippen molar-refractivity contribution in [2.45, 2.75) is 12.5 Å². The first-order valence-electron chi connectivity index (χ1n) is 5.96. The Balaban J connectivity index is 2.20. The zero-order valence-electron chi connectivity index (χ0n) is 11.0. The molecule has 9 heteroatoms. The van der Waals surface area contributed by atoms with Crippen molar-refractivity contribution in [2.24, 2.45) is 0 Å². The van der Waals surface area contributed by atoms with Gasteiger partial charge in [0.15, 0.2) is 0 Å². The van der Waals surface area contributed by atoms with Crippen LogP contribution in [0.15, 0.2) is 18.2 Å². The molecule has 1 atom stereocenters. The van der Waals surface area contributed by atoms with Crippen LogP contribution in [0.1, 0.15) is 6.42 Å². The number of carbonyl (C=O) groups is 2. The van der Waals surface area contributed by atoms with Crippen LogP contribution >= 0.6 is 23.2 Å². The highest BCUT2D eigenvalue weighted by Crippen LogP contribution is 2.29. The average molecular weight is 351 g/mol. The topological polar surface area (TPSA) is 83.6 Å². The Morgan fingerprint density at radius 1 is 1.24 bits per heavy atom. The highest BCUT2D eigenvalue weighted by Gasteiger charge is 2.39. The first-order valence-corrected chi connectivity index (χ1v) is 8.78. The van der Waals surface area contributed by atoms with E-state index in [-0.39, 0.29) is 22.9 Å². The molecular weight excluding hydrogens is 339 g/mol. The van der Waals surface area contributed by atoms with E-state index in [4.69, 9.17) is 23.2 Å². The minimum Gasteiger partial charge on any atom is -0.325 e. The first-order chi connectivity index (χ1) is 9.69. The fourth-order valence-electron chi connectivity index (χ4n) is 1.93. The Morgan fingerprint density at radius 2 is 1.90 bits per heavy atom. The van der Waals surface area contributed by atoms with Crippen LogP contribution in [0.5, 0.6) is 0 Å². The van der Waals surface area contributed by atoms with Crippen molar-refractivity contribution in [3.05, 3.63) is 28.2 Å². The molecule has 0 bridgehead atoms. The smallest absolute Gasteiger partial charge is 0.325 e. The molecule has 1 aromatic carbocycles. The predicted molar refractivity (Wildman–Crippen MR) is 80.6 cm³/mol. The van der Waals surface area contributed by atoms with Gasteiger partial charge in [-0.3, -0.25) is 4.79 Å². The van der Waals surface area contributed by atoms with Gasteiger partial charge in [0, 0.05) is 6.26 Å². The summed E-state index contributed by atoms with van der Waals surface area (Å²) in [6.07, 6.45) is 1.10. The SMILES string of the molecule is CS(=O)(=O)CCC1NC(=O)N(c2ccc(Cl)c(Cl)c2)C1=O. The van der Waals surface area contributed by atoms with E-state index in [1.54, 1.807) is 0 Å². The van der Waals surface area contributed by atoms with Crippen molar-refractivity contribution in [1.82, 2.24) is 5.32 Å². The summed E-state index contributed by atoms with van der Waals surface area (Å²) in [5.74, 6) is -0.694. The van der Waals surface area contributed by atoms with Gasteiger partial charge < -0.3 is 5.32 Å². The number of carbonyl (C=O) groups excluding carboxylic acids is 2. The molecule has 0 aliphatic carbocycles. The number of anilines is 1. The molecule has 2 rings (SSSR count). The van der Waals surface area contributed by atoms with E-state index in [9.17, 15) is 18.0 Å². The second-order valence-electron chi connectivity index (χ2n) is 4.69. The highest BCUT2D eigenvalue weighted by atomic mass is 35.5. The van der Waals surface area contributed by atoms with Gasteiger partial charge in [-0.25, -0.2) is 18.1 Å². The summed E-state index contributed by atoms with van der Waals surface area (Å²) in [6, 6.07) is 2.90. The number of halogens is 2. The molecule has 1 aromatic rings. The van der Waals surface area contributed by atoms with Gasteiger partial charge >= 0.3 is 6.03 Å². The van der Waals surface area contributed by atoms with Crippen LogP contribution in [0.4, 0.5) is 10.5 Å². The molecule has 114 valence electrons. The van der Waals surface area contributed by atoms with Crippen LogP contribution in [0.25, 0.3) is 0 Å². The molecule has 0 saturated carbocycles. The third-order valence-corrected chi connectivity index (χ3v) is 4.67. The minimum absolute atomic E-state index is 0.0290. The van der Waals surface area contributed by atoms with Crippen LogP contribution in [0.3, 0.4) is 0 Å². The molecule has 1 unspecified atom stereocenters. The van der Waals surface area contributed by atoms with E-state index in [1.807, 2.05) is 0 Å². The monoisotopic (exact) mass is 350 g/mol. The molecular formula is C12H12Cl2N2O4S. The molecule has 3 amide bonds. The van der Waals surface area contributed by atoms with Crippen LogP contribution in [0, 0.1) is 0 Å². The standard InChI is InChI=1S/C12H12Cl2N2O4S/c1-21(19,20)5-4-10-11(17)16(12(18)15-10)7-2-3-8(13)9(14)6-7/h2-3,6,10H,4-5H2,1H3,(H,15,18). The van der Waals surface area contributed by atoms with Gasteiger partial charge in [0.25, 0.3) is 5.91 Å². The van der Waals surface area contributed by atoms with Crippen LogP contribution < -0.4 is 10.2 Å². The van der Waals surface area contributed by atoms with Crippen molar-refractivity contribution in [1.29, 1.82) is 0 Å². The van der Waals surface area contributed by atoms with Crippen LogP contribution in [-0.2, 0) is 14.6 Å².